The largest absolute Gasteiger partial charge is 0.379 e. The smallest absolute Gasteiger partial charge is 0.252 e. The van der Waals surface area contributed by atoms with E-state index in [0.29, 0.717) is 12.1 Å². The number of amides is 1. The molecule has 1 aromatic heterocycles. The van der Waals surface area contributed by atoms with Gasteiger partial charge in [0.05, 0.1) is 30.7 Å². The highest BCUT2D eigenvalue weighted by atomic mass is 16.5. The van der Waals surface area contributed by atoms with Crippen LogP contribution in [0.5, 0.6) is 0 Å². The maximum absolute atomic E-state index is 12.3. The molecule has 1 aliphatic heterocycles. The maximum Gasteiger partial charge on any atom is 0.252 e. The summed E-state index contributed by atoms with van der Waals surface area (Å²) in [5.74, 6) is -0.0588. The lowest BCUT2D eigenvalue weighted by atomic mass is 10.2. The third kappa shape index (κ3) is 5.80. The van der Waals surface area contributed by atoms with Crippen LogP contribution in [0.15, 0.2) is 18.5 Å². The lowest BCUT2D eigenvalue weighted by Crippen LogP contribution is -2.41. The van der Waals surface area contributed by atoms with Crippen LogP contribution in [0, 0.1) is 0 Å². The van der Waals surface area contributed by atoms with Crippen molar-refractivity contribution in [1.29, 1.82) is 0 Å². The summed E-state index contributed by atoms with van der Waals surface area (Å²) < 4.78 is 5.32. The number of aromatic nitrogens is 1. The third-order valence-electron chi connectivity index (χ3n) is 4.09. The van der Waals surface area contributed by atoms with Crippen molar-refractivity contribution in [2.45, 2.75) is 19.8 Å². The van der Waals surface area contributed by atoms with Gasteiger partial charge in [-0.3, -0.25) is 14.7 Å². The Balaban J connectivity index is 1.81. The molecule has 0 unspecified atom stereocenters. The number of unbranched alkanes of at least 4 members (excludes halogenated alkanes) is 1. The van der Waals surface area contributed by atoms with Crippen molar-refractivity contribution in [2.24, 2.45) is 0 Å². The number of anilines is 1. The molecule has 128 valence electrons. The van der Waals surface area contributed by atoms with Gasteiger partial charge in [0.1, 0.15) is 0 Å². The van der Waals surface area contributed by atoms with Crippen LogP contribution in [0.25, 0.3) is 0 Å². The first kappa shape index (κ1) is 17.7. The van der Waals surface area contributed by atoms with E-state index < -0.39 is 0 Å². The summed E-state index contributed by atoms with van der Waals surface area (Å²) in [6.45, 7) is 8.09. The van der Waals surface area contributed by atoms with Crippen molar-refractivity contribution >= 4 is 11.6 Å². The second-order valence-electron chi connectivity index (χ2n) is 5.92. The minimum Gasteiger partial charge on any atom is -0.379 e. The Hall–Kier alpha value is -1.66. The predicted octanol–water partition coefficient (Wildman–Crippen LogP) is 1.38. The van der Waals surface area contributed by atoms with Gasteiger partial charge in [0.2, 0.25) is 0 Å². The molecule has 0 aliphatic carbocycles. The van der Waals surface area contributed by atoms with Gasteiger partial charge in [-0.1, -0.05) is 13.3 Å². The van der Waals surface area contributed by atoms with E-state index in [1.165, 1.54) is 0 Å². The fraction of sp³-hybridized carbons (Fsp3) is 0.647. The third-order valence-corrected chi connectivity index (χ3v) is 4.09. The Morgan fingerprint density at radius 3 is 2.91 bits per heavy atom. The summed E-state index contributed by atoms with van der Waals surface area (Å²) in [7, 11) is 2.03. The highest BCUT2D eigenvalue weighted by Gasteiger charge is 2.12. The fourth-order valence-corrected chi connectivity index (χ4v) is 2.54. The Kier molecular flexibility index (Phi) is 7.29. The number of hydrogen-bond donors (Lipinski definition) is 1. The minimum atomic E-state index is -0.0588. The Labute approximate surface area is 138 Å². The number of ether oxygens (including phenoxy) is 1. The molecule has 0 atom stereocenters. The van der Waals surface area contributed by atoms with Gasteiger partial charge in [-0.05, 0) is 12.5 Å². The Bertz CT molecular complexity index is 489. The zero-order valence-corrected chi connectivity index (χ0v) is 14.3. The van der Waals surface area contributed by atoms with Crippen LogP contribution in [-0.4, -0.2) is 68.8 Å². The molecule has 1 fully saturated rings. The molecular formula is C17H28N4O2. The van der Waals surface area contributed by atoms with Gasteiger partial charge in [0.15, 0.2) is 0 Å². The van der Waals surface area contributed by atoms with E-state index in [1.54, 1.807) is 12.4 Å². The van der Waals surface area contributed by atoms with Crippen LogP contribution in [-0.2, 0) is 4.74 Å². The van der Waals surface area contributed by atoms with Gasteiger partial charge in [-0.15, -0.1) is 0 Å². The number of nitrogens with one attached hydrogen (secondary N) is 1. The second kappa shape index (κ2) is 9.47. The number of rotatable bonds is 8. The molecule has 23 heavy (non-hydrogen) atoms. The van der Waals surface area contributed by atoms with Gasteiger partial charge in [0.25, 0.3) is 5.91 Å². The monoisotopic (exact) mass is 320 g/mol. The van der Waals surface area contributed by atoms with Crippen LogP contribution >= 0.6 is 0 Å². The van der Waals surface area contributed by atoms with Crippen LogP contribution in [0.4, 0.5) is 5.69 Å². The molecule has 6 nitrogen and oxygen atoms in total. The zero-order valence-electron chi connectivity index (χ0n) is 14.3. The first-order valence-electron chi connectivity index (χ1n) is 8.45. The van der Waals surface area contributed by atoms with Crippen molar-refractivity contribution in [3.05, 3.63) is 24.0 Å². The van der Waals surface area contributed by atoms with Crippen molar-refractivity contribution in [3.63, 3.8) is 0 Å². The number of hydrogen-bond acceptors (Lipinski definition) is 5. The summed E-state index contributed by atoms with van der Waals surface area (Å²) in [5.41, 5.74) is 1.60. The number of morpholine rings is 1. The van der Waals surface area contributed by atoms with E-state index in [9.17, 15) is 4.79 Å². The predicted molar refractivity (Wildman–Crippen MR) is 92.0 cm³/mol. The minimum absolute atomic E-state index is 0.0588. The molecule has 2 heterocycles. The van der Waals surface area contributed by atoms with Gasteiger partial charge >= 0.3 is 0 Å². The van der Waals surface area contributed by atoms with E-state index in [0.717, 1.165) is 57.9 Å². The summed E-state index contributed by atoms with van der Waals surface area (Å²) in [5, 5.41) is 2.98. The molecule has 1 saturated heterocycles. The average molecular weight is 320 g/mol. The summed E-state index contributed by atoms with van der Waals surface area (Å²) >= 11 is 0. The van der Waals surface area contributed by atoms with Gasteiger partial charge < -0.3 is 15.0 Å². The number of carbonyl (C=O) groups excluding carboxylic acids is 1. The molecule has 1 N–H and O–H groups in total. The molecule has 0 saturated carbocycles. The first-order valence-corrected chi connectivity index (χ1v) is 8.45. The van der Waals surface area contributed by atoms with E-state index in [-0.39, 0.29) is 5.91 Å². The van der Waals surface area contributed by atoms with E-state index in [1.807, 2.05) is 13.1 Å². The quantitative estimate of drug-likeness (QED) is 0.784. The van der Waals surface area contributed by atoms with Crippen LogP contribution in [0.1, 0.15) is 30.1 Å². The topological polar surface area (TPSA) is 57.7 Å². The molecule has 1 amide bonds. The van der Waals surface area contributed by atoms with Crippen molar-refractivity contribution in [3.8, 4) is 0 Å². The average Bonchev–Trinajstić information content (AvgIpc) is 2.60. The highest BCUT2D eigenvalue weighted by Crippen LogP contribution is 2.13. The number of carbonyl (C=O) groups is 1. The van der Waals surface area contributed by atoms with Crippen LogP contribution in [0.3, 0.4) is 0 Å². The lowest BCUT2D eigenvalue weighted by Gasteiger charge is -2.26. The Morgan fingerprint density at radius 1 is 1.39 bits per heavy atom. The van der Waals surface area contributed by atoms with E-state index in [2.05, 4.69) is 27.0 Å². The SMILES string of the molecule is CCCCN(C)c1cncc(C(=O)NCCN2CCOCC2)c1. The van der Waals surface area contributed by atoms with Crippen molar-refractivity contribution < 1.29 is 9.53 Å². The van der Waals surface area contributed by atoms with E-state index in [4.69, 9.17) is 4.74 Å². The summed E-state index contributed by atoms with van der Waals surface area (Å²) in [6.07, 6.45) is 5.72. The molecule has 2 rings (SSSR count). The first-order chi connectivity index (χ1) is 11.2. The second-order valence-corrected chi connectivity index (χ2v) is 5.92. The van der Waals surface area contributed by atoms with Crippen molar-refractivity contribution in [1.82, 2.24) is 15.2 Å². The van der Waals surface area contributed by atoms with Crippen molar-refractivity contribution in [2.75, 3.05) is 57.9 Å². The highest BCUT2D eigenvalue weighted by molar-refractivity contribution is 5.94. The fourth-order valence-electron chi connectivity index (χ4n) is 2.54. The molecule has 6 heteroatoms. The number of pyridine rings is 1. The zero-order chi connectivity index (χ0) is 16.5. The molecule has 0 radical (unpaired) electrons. The molecular weight excluding hydrogens is 292 g/mol. The van der Waals surface area contributed by atoms with E-state index >= 15 is 0 Å². The summed E-state index contributed by atoms with van der Waals surface area (Å²) in [4.78, 5) is 20.9. The number of nitrogens with zero attached hydrogens (tertiary/aromatic N) is 3. The van der Waals surface area contributed by atoms with Gasteiger partial charge in [-0.2, -0.15) is 0 Å². The molecule has 0 spiro atoms. The molecule has 0 bridgehead atoms. The van der Waals surface area contributed by atoms with Crippen LogP contribution in [0.2, 0.25) is 0 Å². The Morgan fingerprint density at radius 2 is 2.17 bits per heavy atom. The van der Waals surface area contributed by atoms with Gasteiger partial charge in [-0.25, -0.2) is 0 Å². The normalized spacial score (nSPS) is 15.4. The molecule has 0 aromatic carbocycles. The standard InChI is InChI=1S/C17H28N4O2/c1-3-4-6-20(2)16-12-15(13-18-14-16)17(22)19-5-7-21-8-10-23-11-9-21/h12-14H,3-11H2,1-2H3,(H,19,22). The maximum atomic E-state index is 12.3. The van der Waals surface area contributed by atoms with Gasteiger partial charge in [0, 0.05) is 46.0 Å². The molecule has 1 aromatic rings. The summed E-state index contributed by atoms with van der Waals surface area (Å²) in [6, 6.07) is 1.91. The molecule has 1 aliphatic rings. The lowest BCUT2D eigenvalue weighted by molar-refractivity contribution is 0.0383. The van der Waals surface area contributed by atoms with Crippen LogP contribution < -0.4 is 10.2 Å².